The maximum atomic E-state index is 13.3. The van der Waals surface area contributed by atoms with Gasteiger partial charge in [-0.25, -0.2) is 0 Å². The lowest BCUT2D eigenvalue weighted by Crippen LogP contribution is -2.29. The van der Waals surface area contributed by atoms with E-state index in [0.717, 1.165) is 36.0 Å². The molecule has 3 aromatic rings. The monoisotopic (exact) mass is 470 g/mol. The predicted molar refractivity (Wildman–Crippen MR) is 135 cm³/mol. The molecule has 0 aliphatic carbocycles. The van der Waals surface area contributed by atoms with Crippen molar-refractivity contribution in [2.75, 3.05) is 6.61 Å². The number of unbranched alkanes of at least 4 members (excludes halogenated alkanes) is 1. The van der Waals surface area contributed by atoms with E-state index in [2.05, 4.69) is 18.8 Å². The highest BCUT2D eigenvalue weighted by Gasteiger charge is 2.46. The molecule has 0 radical (unpaired) electrons. The van der Waals surface area contributed by atoms with Gasteiger partial charge in [0.2, 0.25) is 0 Å². The van der Waals surface area contributed by atoms with Crippen LogP contribution in [0, 0.1) is 0 Å². The van der Waals surface area contributed by atoms with Crippen LogP contribution in [0.2, 0.25) is 0 Å². The molecule has 2 heterocycles. The van der Waals surface area contributed by atoms with Crippen LogP contribution < -0.4 is 4.74 Å². The number of hydrogen-bond acceptors (Lipinski definition) is 5. The summed E-state index contributed by atoms with van der Waals surface area (Å²) in [7, 11) is 0. The summed E-state index contributed by atoms with van der Waals surface area (Å²) in [6, 6.07) is 17.8. The van der Waals surface area contributed by atoms with Crippen LogP contribution in [-0.2, 0) is 22.6 Å². The minimum absolute atomic E-state index is 0.0776. The van der Waals surface area contributed by atoms with Crippen molar-refractivity contribution in [3.63, 3.8) is 0 Å². The maximum absolute atomic E-state index is 13.3. The molecule has 0 saturated carbocycles. The van der Waals surface area contributed by atoms with E-state index in [1.54, 1.807) is 36.7 Å². The van der Waals surface area contributed by atoms with Gasteiger partial charge in [-0.1, -0.05) is 62.7 Å². The van der Waals surface area contributed by atoms with Crippen LogP contribution in [0.4, 0.5) is 0 Å². The smallest absolute Gasteiger partial charge is 0.295 e. The van der Waals surface area contributed by atoms with Gasteiger partial charge in [-0.3, -0.25) is 14.6 Å². The van der Waals surface area contributed by atoms with Gasteiger partial charge in [-0.15, -0.1) is 0 Å². The molecule has 35 heavy (non-hydrogen) atoms. The number of hydrogen-bond donors (Lipinski definition) is 1. The van der Waals surface area contributed by atoms with E-state index >= 15 is 0 Å². The number of aliphatic hydroxyl groups is 1. The quantitative estimate of drug-likeness (QED) is 0.195. The SMILES string of the molecule is CCCCOc1cccc(C(O)=C2C(=O)C(=O)N(Cc3cccnc3)C2c2ccc(CC)cc2)c1. The third kappa shape index (κ3) is 5.27. The van der Waals surface area contributed by atoms with Crippen molar-refractivity contribution in [3.05, 3.63) is 101 Å². The van der Waals surface area contributed by atoms with Crippen LogP contribution in [0.5, 0.6) is 5.75 Å². The number of carbonyl (C=O) groups excluding carboxylic acids is 2. The minimum atomic E-state index is -0.717. The lowest BCUT2D eigenvalue weighted by Gasteiger charge is -2.25. The van der Waals surface area contributed by atoms with Crippen molar-refractivity contribution >= 4 is 17.4 Å². The first kappa shape index (κ1) is 24.2. The molecule has 1 aliphatic rings. The Kier molecular flexibility index (Phi) is 7.60. The van der Waals surface area contributed by atoms with Crippen LogP contribution in [0.15, 0.2) is 78.6 Å². The van der Waals surface area contributed by atoms with Crippen molar-refractivity contribution in [1.82, 2.24) is 9.88 Å². The van der Waals surface area contributed by atoms with Crippen LogP contribution in [0.1, 0.15) is 55.0 Å². The van der Waals surface area contributed by atoms with E-state index in [1.807, 2.05) is 36.4 Å². The molecule has 4 rings (SSSR count). The first-order chi connectivity index (χ1) is 17.0. The molecule has 6 heteroatoms. The average molecular weight is 471 g/mol. The Morgan fingerprint density at radius 2 is 1.83 bits per heavy atom. The highest BCUT2D eigenvalue weighted by molar-refractivity contribution is 6.46. The molecule has 1 fully saturated rings. The predicted octanol–water partition coefficient (Wildman–Crippen LogP) is 5.44. The standard InChI is InChI=1S/C29H30N2O4/c1-3-5-16-35-24-10-6-9-23(17-24)27(32)25-26(22-13-11-20(4-2)12-14-22)31(29(34)28(25)33)19-21-8-7-15-30-18-21/h6-15,17-18,26,32H,3-5,16,19H2,1-2H3. The van der Waals surface area contributed by atoms with Gasteiger partial charge in [0.05, 0.1) is 18.2 Å². The number of benzene rings is 2. The van der Waals surface area contributed by atoms with Gasteiger partial charge < -0.3 is 14.7 Å². The molecule has 1 aromatic heterocycles. The molecule has 1 amide bonds. The molecule has 1 atom stereocenters. The Morgan fingerprint density at radius 1 is 1.03 bits per heavy atom. The fraction of sp³-hybridized carbons (Fsp3) is 0.276. The molecule has 0 spiro atoms. The third-order valence-electron chi connectivity index (χ3n) is 6.19. The molecule has 180 valence electrons. The number of ketones is 1. The second-order valence-electron chi connectivity index (χ2n) is 8.61. The van der Waals surface area contributed by atoms with Gasteiger partial charge >= 0.3 is 0 Å². The third-order valence-corrected chi connectivity index (χ3v) is 6.19. The molecule has 1 saturated heterocycles. The maximum Gasteiger partial charge on any atom is 0.295 e. The van der Waals surface area contributed by atoms with E-state index in [9.17, 15) is 14.7 Å². The Balaban J connectivity index is 1.78. The lowest BCUT2D eigenvalue weighted by atomic mass is 9.94. The van der Waals surface area contributed by atoms with Gasteiger partial charge in [-0.05, 0) is 47.7 Å². The number of aryl methyl sites for hydroxylation is 1. The molecule has 1 N–H and O–H groups in total. The molecular formula is C29H30N2O4. The Hall–Kier alpha value is -3.93. The highest BCUT2D eigenvalue weighted by atomic mass is 16.5. The summed E-state index contributed by atoms with van der Waals surface area (Å²) >= 11 is 0. The zero-order chi connectivity index (χ0) is 24.8. The van der Waals surface area contributed by atoms with Crippen molar-refractivity contribution in [2.45, 2.75) is 45.7 Å². The largest absolute Gasteiger partial charge is 0.507 e. The summed E-state index contributed by atoms with van der Waals surface area (Å²) in [5, 5.41) is 11.3. The van der Waals surface area contributed by atoms with Crippen LogP contribution in [0.25, 0.3) is 5.76 Å². The zero-order valence-corrected chi connectivity index (χ0v) is 20.1. The number of ether oxygens (including phenoxy) is 1. The Morgan fingerprint density at radius 3 is 2.51 bits per heavy atom. The van der Waals surface area contributed by atoms with E-state index in [1.165, 1.54) is 4.90 Å². The Bertz CT molecular complexity index is 1220. The number of carbonyl (C=O) groups is 2. The molecule has 6 nitrogen and oxygen atoms in total. The number of pyridine rings is 1. The lowest BCUT2D eigenvalue weighted by molar-refractivity contribution is -0.140. The molecule has 2 aromatic carbocycles. The van der Waals surface area contributed by atoms with E-state index in [0.29, 0.717) is 17.9 Å². The number of aromatic nitrogens is 1. The van der Waals surface area contributed by atoms with E-state index < -0.39 is 17.7 Å². The average Bonchev–Trinajstić information content (AvgIpc) is 3.14. The van der Waals surface area contributed by atoms with Crippen LogP contribution in [-0.4, -0.2) is 33.3 Å². The number of aliphatic hydroxyl groups excluding tert-OH is 1. The van der Waals surface area contributed by atoms with Gasteiger partial charge in [0.1, 0.15) is 11.5 Å². The van der Waals surface area contributed by atoms with Crippen molar-refractivity contribution in [2.24, 2.45) is 0 Å². The van der Waals surface area contributed by atoms with Gasteiger partial charge in [0, 0.05) is 24.5 Å². The summed E-state index contributed by atoms with van der Waals surface area (Å²) in [5.74, 6) is -0.943. The van der Waals surface area contributed by atoms with Crippen LogP contribution >= 0.6 is 0 Å². The number of Topliss-reactive ketones (excluding diaryl/α,β-unsaturated/α-hetero) is 1. The molecule has 0 bridgehead atoms. The molecular weight excluding hydrogens is 440 g/mol. The minimum Gasteiger partial charge on any atom is -0.507 e. The molecule has 1 aliphatic heterocycles. The normalized spacial score (nSPS) is 17.1. The van der Waals surface area contributed by atoms with Crippen molar-refractivity contribution < 1.29 is 19.4 Å². The number of rotatable bonds is 9. The van der Waals surface area contributed by atoms with E-state index in [-0.39, 0.29) is 17.9 Å². The first-order valence-corrected chi connectivity index (χ1v) is 12.0. The summed E-state index contributed by atoms with van der Waals surface area (Å²) in [4.78, 5) is 32.1. The zero-order valence-electron chi connectivity index (χ0n) is 20.1. The van der Waals surface area contributed by atoms with Gasteiger partial charge in [-0.2, -0.15) is 0 Å². The Labute approximate surface area is 205 Å². The fourth-order valence-corrected chi connectivity index (χ4v) is 4.24. The summed E-state index contributed by atoms with van der Waals surface area (Å²) in [6.45, 7) is 4.93. The van der Waals surface area contributed by atoms with Crippen molar-refractivity contribution in [3.8, 4) is 5.75 Å². The van der Waals surface area contributed by atoms with Gasteiger partial charge in [0.15, 0.2) is 0 Å². The number of likely N-dealkylation sites (tertiary alicyclic amines) is 1. The van der Waals surface area contributed by atoms with Crippen molar-refractivity contribution in [1.29, 1.82) is 0 Å². The number of nitrogens with zero attached hydrogens (tertiary/aromatic N) is 2. The van der Waals surface area contributed by atoms with Crippen LogP contribution in [0.3, 0.4) is 0 Å². The summed E-state index contributed by atoms with van der Waals surface area (Å²) in [5.41, 5.74) is 3.23. The summed E-state index contributed by atoms with van der Waals surface area (Å²) in [6.07, 6.45) is 6.14. The van der Waals surface area contributed by atoms with Gasteiger partial charge in [0.25, 0.3) is 11.7 Å². The molecule has 1 unspecified atom stereocenters. The highest BCUT2D eigenvalue weighted by Crippen LogP contribution is 2.40. The fourth-order valence-electron chi connectivity index (χ4n) is 4.24. The topological polar surface area (TPSA) is 79.7 Å². The second-order valence-corrected chi connectivity index (χ2v) is 8.61. The van der Waals surface area contributed by atoms with E-state index in [4.69, 9.17) is 4.74 Å². The first-order valence-electron chi connectivity index (χ1n) is 12.0. The summed E-state index contributed by atoms with van der Waals surface area (Å²) < 4.78 is 5.78. The second kappa shape index (κ2) is 11.0. The number of amides is 1.